The standard InChI is InChI=1S/C24H32N4O4/c1-25(2)10-20(30)27-12-24(13-27)14-28(23(31)15-5-6-15)19(11-29)22-21(24)17-8-7-16(32-4)9-18(17)26(22)3/h7-9,15,19,29H,5-6,10-14H2,1-4H3/t19-/m0/s1. The summed E-state index contributed by atoms with van der Waals surface area (Å²) in [7, 11) is 7.44. The van der Waals surface area contributed by atoms with E-state index in [1.165, 1.54) is 5.56 Å². The third kappa shape index (κ3) is 3.11. The van der Waals surface area contributed by atoms with Gasteiger partial charge < -0.3 is 29.1 Å². The lowest BCUT2D eigenvalue weighted by Crippen LogP contribution is -2.69. The Morgan fingerprint density at radius 2 is 1.94 bits per heavy atom. The van der Waals surface area contributed by atoms with Gasteiger partial charge in [0.25, 0.3) is 0 Å². The number of methoxy groups -OCH3 is 1. The minimum atomic E-state index is -0.376. The molecule has 0 bridgehead atoms. The highest BCUT2D eigenvalue weighted by Crippen LogP contribution is 2.50. The molecular weight excluding hydrogens is 408 g/mol. The summed E-state index contributed by atoms with van der Waals surface area (Å²) in [6, 6.07) is 5.67. The second-order valence-electron chi connectivity index (χ2n) is 9.91. The smallest absolute Gasteiger partial charge is 0.236 e. The number of amides is 2. The fraction of sp³-hybridized carbons (Fsp3) is 0.583. The molecule has 2 aromatic rings. The van der Waals surface area contributed by atoms with E-state index < -0.39 is 0 Å². The fourth-order valence-electron chi connectivity index (χ4n) is 5.64. The Morgan fingerprint density at radius 3 is 2.53 bits per heavy atom. The summed E-state index contributed by atoms with van der Waals surface area (Å²) in [5.74, 6) is 1.08. The van der Waals surface area contributed by atoms with E-state index in [9.17, 15) is 14.7 Å². The van der Waals surface area contributed by atoms with Crippen molar-refractivity contribution in [3.63, 3.8) is 0 Å². The van der Waals surface area contributed by atoms with Crippen LogP contribution in [-0.2, 0) is 22.1 Å². The van der Waals surface area contributed by atoms with Crippen LogP contribution in [-0.4, -0.2) is 90.2 Å². The Kier molecular flexibility index (Phi) is 4.98. The Labute approximate surface area is 188 Å². The monoisotopic (exact) mass is 440 g/mol. The van der Waals surface area contributed by atoms with Crippen LogP contribution in [0.3, 0.4) is 0 Å². The Morgan fingerprint density at radius 1 is 1.22 bits per heavy atom. The van der Waals surface area contributed by atoms with E-state index >= 15 is 0 Å². The molecule has 0 radical (unpaired) electrons. The number of carbonyl (C=O) groups is 2. The molecule has 5 rings (SSSR count). The van der Waals surface area contributed by atoms with Crippen LogP contribution >= 0.6 is 0 Å². The second-order valence-corrected chi connectivity index (χ2v) is 9.91. The van der Waals surface area contributed by atoms with Crippen molar-refractivity contribution in [2.24, 2.45) is 13.0 Å². The molecule has 1 saturated heterocycles. The number of aliphatic hydroxyl groups excluding tert-OH is 1. The number of aromatic nitrogens is 1. The summed E-state index contributed by atoms with van der Waals surface area (Å²) in [5, 5.41) is 11.5. The summed E-state index contributed by atoms with van der Waals surface area (Å²) < 4.78 is 7.56. The molecule has 1 saturated carbocycles. The molecule has 172 valence electrons. The van der Waals surface area contributed by atoms with Crippen molar-refractivity contribution in [3.8, 4) is 5.75 Å². The number of fused-ring (bicyclic) bond motifs is 4. The lowest BCUT2D eigenvalue weighted by atomic mass is 9.68. The number of ether oxygens (including phenoxy) is 1. The van der Waals surface area contributed by atoms with E-state index in [-0.39, 0.29) is 35.8 Å². The summed E-state index contributed by atoms with van der Waals surface area (Å²) >= 11 is 0. The van der Waals surface area contributed by atoms with Gasteiger partial charge in [-0.25, -0.2) is 0 Å². The highest BCUT2D eigenvalue weighted by Gasteiger charge is 2.56. The SMILES string of the molecule is COc1ccc2c3c(n(C)c2c1)[C@H](CO)N(C(=O)C1CC1)CC31CN(C(=O)CN(C)C)C1. The number of likely N-dealkylation sites (tertiary alicyclic amines) is 1. The predicted octanol–water partition coefficient (Wildman–Crippen LogP) is 1.11. The number of aryl methyl sites for hydroxylation is 1. The van der Waals surface area contributed by atoms with Gasteiger partial charge in [-0.15, -0.1) is 0 Å². The maximum absolute atomic E-state index is 13.3. The van der Waals surface area contributed by atoms with Crippen LogP contribution in [0.1, 0.15) is 30.1 Å². The largest absolute Gasteiger partial charge is 0.497 e. The van der Waals surface area contributed by atoms with Crippen molar-refractivity contribution in [1.29, 1.82) is 0 Å². The highest BCUT2D eigenvalue weighted by atomic mass is 16.5. The molecule has 1 aromatic carbocycles. The van der Waals surface area contributed by atoms with Gasteiger partial charge in [0.2, 0.25) is 11.8 Å². The maximum Gasteiger partial charge on any atom is 0.236 e. The fourth-order valence-corrected chi connectivity index (χ4v) is 5.64. The molecule has 8 heteroatoms. The van der Waals surface area contributed by atoms with Crippen LogP contribution in [0.4, 0.5) is 0 Å². The Hall–Kier alpha value is -2.58. The minimum absolute atomic E-state index is 0.0731. The van der Waals surface area contributed by atoms with Gasteiger partial charge in [0.15, 0.2) is 0 Å². The zero-order chi connectivity index (χ0) is 22.8. The van der Waals surface area contributed by atoms with Gasteiger partial charge in [-0.3, -0.25) is 9.59 Å². The predicted molar refractivity (Wildman–Crippen MR) is 121 cm³/mol. The summed E-state index contributed by atoms with van der Waals surface area (Å²) in [5.41, 5.74) is 2.86. The number of hydrogen-bond acceptors (Lipinski definition) is 5. The van der Waals surface area contributed by atoms with Gasteiger partial charge in [0, 0.05) is 49.7 Å². The molecule has 32 heavy (non-hydrogen) atoms. The van der Waals surface area contributed by atoms with Crippen LogP contribution in [0.15, 0.2) is 18.2 Å². The van der Waals surface area contributed by atoms with Crippen molar-refractivity contribution in [1.82, 2.24) is 19.3 Å². The van der Waals surface area contributed by atoms with Crippen molar-refractivity contribution in [3.05, 3.63) is 29.5 Å². The van der Waals surface area contributed by atoms with Gasteiger partial charge in [-0.2, -0.15) is 0 Å². The maximum atomic E-state index is 13.3. The number of likely N-dealkylation sites (N-methyl/N-ethyl adjacent to an activating group) is 1. The normalized spacial score (nSPS) is 21.8. The van der Waals surface area contributed by atoms with Crippen LogP contribution in [0.25, 0.3) is 10.9 Å². The van der Waals surface area contributed by atoms with E-state index in [2.05, 4.69) is 10.6 Å². The molecule has 1 atom stereocenters. The summed E-state index contributed by atoms with van der Waals surface area (Å²) in [6.45, 7) is 1.97. The Balaban J connectivity index is 1.62. The van der Waals surface area contributed by atoms with E-state index in [1.807, 2.05) is 48.0 Å². The molecule has 1 aromatic heterocycles. The molecule has 1 aliphatic carbocycles. The van der Waals surface area contributed by atoms with Crippen LogP contribution < -0.4 is 4.74 Å². The number of carbonyl (C=O) groups excluding carboxylic acids is 2. The lowest BCUT2D eigenvalue weighted by molar-refractivity contribution is -0.146. The van der Waals surface area contributed by atoms with Crippen LogP contribution in [0.2, 0.25) is 0 Å². The zero-order valence-corrected chi connectivity index (χ0v) is 19.3. The average Bonchev–Trinajstić information content (AvgIpc) is 3.55. The third-order valence-corrected chi connectivity index (χ3v) is 7.32. The summed E-state index contributed by atoms with van der Waals surface area (Å²) in [4.78, 5) is 31.6. The van der Waals surface area contributed by atoms with Crippen LogP contribution in [0, 0.1) is 5.92 Å². The molecule has 1 spiro atoms. The highest BCUT2D eigenvalue weighted by molar-refractivity contribution is 5.91. The van der Waals surface area contributed by atoms with Gasteiger partial charge in [0.05, 0.1) is 37.2 Å². The number of rotatable bonds is 5. The first kappa shape index (κ1) is 21.3. The number of aliphatic hydroxyl groups is 1. The number of nitrogens with zero attached hydrogens (tertiary/aromatic N) is 4. The molecule has 3 aliphatic rings. The van der Waals surface area contributed by atoms with Gasteiger partial charge in [-0.05, 0) is 44.6 Å². The molecule has 8 nitrogen and oxygen atoms in total. The first-order chi connectivity index (χ1) is 15.3. The first-order valence-electron chi connectivity index (χ1n) is 11.3. The topological polar surface area (TPSA) is 78.2 Å². The third-order valence-electron chi connectivity index (χ3n) is 7.32. The zero-order valence-electron chi connectivity index (χ0n) is 19.3. The van der Waals surface area contributed by atoms with Gasteiger partial charge >= 0.3 is 0 Å². The first-order valence-corrected chi connectivity index (χ1v) is 11.3. The van der Waals surface area contributed by atoms with Crippen LogP contribution in [0.5, 0.6) is 5.75 Å². The average molecular weight is 441 g/mol. The van der Waals surface area contributed by atoms with E-state index in [1.54, 1.807) is 7.11 Å². The molecule has 2 amide bonds. The molecule has 1 N–H and O–H groups in total. The van der Waals surface area contributed by atoms with Crippen molar-refractivity contribution < 1.29 is 19.4 Å². The van der Waals surface area contributed by atoms with E-state index in [0.29, 0.717) is 26.2 Å². The van der Waals surface area contributed by atoms with E-state index in [4.69, 9.17) is 4.74 Å². The number of hydrogen-bond donors (Lipinski definition) is 1. The van der Waals surface area contributed by atoms with Crippen molar-refractivity contribution >= 4 is 22.7 Å². The molecule has 3 heterocycles. The van der Waals surface area contributed by atoms with Gasteiger partial charge in [-0.1, -0.05) is 0 Å². The quantitative estimate of drug-likeness (QED) is 0.754. The lowest BCUT2D eigenvalue weighted by Gasteiger charge is -2.56. The molecule has 2 fully saturated rings. The van der Waals surface area contributed by atoms with E-state index in [0.717, 1.165) is 35.2 Å². The van der Waals surface area contributed by atoms with Crippen molar-refractivity contribution in [2.45, 2.75) is 24.3 Å². The molecule has 2 aliphatic heterocycles. The van der Waals surface area contributed by atoms with Gasteiger partial charge in [0.1, 0.15) is 5.75 Å². The Bertz CT molecular complexity index is 1080. The molecule has 0 unspecified atom stereocenters. The molecular formula is C24H32N4O4. The second kappa shape index (κ2) is 7.49. The van der Waals surface area contributed by atoms with Crippen molar-refractivity contribution in [2.75, 3.05) is 54.0 Å². The minimum Gasteiger partial charge on any atom is -0.497 e. The number of benzene rings is 1. The summed E-state index contributed by atoms with van der Waals surface area (Å²) in [6.07, 6.45) is 1.85.